The van der Waals surface area contributed by atoms with Crippen LogP contribution in [0.1, 0.15) is 23.2 Å². The first-order chi connectivity index (χ1) is 15.4. The normalized spacial score (nSPS) is 16.7. The number of ether oxygens (including phenoxy) is 2. The summed E-state index contributed by atoms with van der Waals surface area (Å²) in [6.07, 6.45) is 0.0629. The lowest BCUT2D eigenvalue weighted by atomic mass is 10.1. The van der Waals surface area contributed by atoms with Crippen molar-refractivity contribution in [3.8, 4) is 11.5 Å². The van der Waals surface area contributed by atoms with E-state index in [0.717, 1.165) is 0 Å². The van der Waals surface area contributed by atoms with Crippen molar-refractivity contribution < 1.29 is 28.7 Å². The Morgan fingerprint density at radius 2 is 1.88 bits per heavy atom. The lowest BCUT2D eigenvalue weighted by molar-refractivity contribution is -0.122. The van der Waals surface area contributed by atoms with Gasteiger partial charge in [0.15, 0.2) is 11.5 Å². The van der Waals surface area contributed by atoms with E-state index in [0.29, 0.717) is 22.9 Å². The molecule has 1 atom stereocenters. The third-order valence-corrected chi connectivity index (χ3v) is 5.25. The van der Waals surface area contributed by atoms with Crippen molar-refractivity contribution in [2.45, 2.75) is 12.8 Å². The van der Waals surface area contributed by atoms with E-state index in [9.17, 15) is 19.2 Å². The minimum atomic E-state index is -0.584. The summed E-state index contributed by atoms with van der Waals surface area (Å²) in [7, 11) is 0. The third kappa shape index (κ3) is 4.48. The van der Waals surface area contributed by atoms with E-state index in [2.05, 4.69) is 10.6 Å². The molecule has 1 saturated heterocycles. The average Bonchev–Trinajstić information content (AvgIpc) is 3.39. The van der Waals surface area contributed by atoms with E-state index in [1.54, 1.807) is 42.5 Å². The zero-order valence-corrected chi connectivity index (χ0v) is 17.1. The fourth-order valence-corrected chi connectivity index (χ4v) is 3.61. The van der Waals surface area contributed by atoms with Gasteiger partial charge in [0, 0.05) is 37.7 Å². The van der Waals surface area contributed by atoms with Crippen molar-refractivity contribution in [3.05, 3.63) is 48.0 Å². The topological polar surface area (TPSA) is 140 Å². The highest BCUT2D eigenvalue weighted by Crippen LogP contribution is 2.37. The molecule has 10 nitrogen and oxygen atoms in total. The Bertz CT molecular complexity index is 1090. The van der Waals surface area contributed by atoms with Gasteiger partial charge in [0.25, 0.3) is 5.91 Å². The second kappa shape index (κ2) is 8.96. The maximum atomic E-state index is 12.9. The molecule has 0 radical (unpaired) electrons. The molecule has 0 aliphatic carbocycles. The molecule has 1 fully saturated rings. The van der Waals surface area contributed by atoms with Crippen LogP contribution in [0.15, 0.2) is 42.5 Å². The second-order valence-corrected chi connectivity index (χ2v) is 7.45. The molecule has 0 bridgehead atoms. The molecule has 10 heteroatoms. The molecule has 2 aromatic rings. The predicted octanol–water partition coefficient (Wildman–Crippen LogP) is 1.01. The van der Waals surface area contributed by atoms with E-state index in [1.807, 2.05) is 0 Å². The molecule has 0 saturated carbocycles. The van der Waals surface area contributed by atoms with Crippen molar-refractivity contribution in [1.29, 1.82) is 0 Å². The number of benzene rings is 2. The van der Waals surface area contributed by atoms with Gasteiger partial charge in [0.2, 0.25) is 24.5 Å². The number of primary amides is 1. The van der Waals surface area contributed by atoms with Crippen LogP contribution in [-0.4, -0.2) is 43.5 Å². The smallest absolute Gasteiger partial charge is 0.253 e. The number of carbonyl (C=O) groups excluding carboxylic acids is 4. The molecule has 4 N–H and O–H groups in total. The Kier molecular flexibility index (Phi) is 5.93. The average molecular weight is 438 g/mol. The van der Waals surface area contributed by atoms with Gasteiger partial charge in [-0.05, 0) is 24.3 Å². The summed E-state index contributed by atoms with van der Waals surface area (Å²) in [5.41, 5.74) is 6.29. The van der Waals surface area contributed by atoms with E-state index < -0.39 is 17.7 Å². The molecule has 4 amide bonds. The maximum Gasteiger partial charge on any atom is 0.253 e. The fraction of sp³-hybridized carbons (Fsp3) is 0.273. The van der Waals surface area contributed by atoms with Gasteiger partial charge in [-0.3, -0.25) is 19.2 Å². The molecule has 1 unspecified atom stereocenters. The van der Waals surface area contributed by atoms with Crippen molar-refractivity contribution >= 4 is 35.0 Å². The van der Waals surface area contributed by atoms with Gasteiger partial charge >= 0.3 is 0 Å². The van der Waals surface area contributed by atoms with Gasteiger partial charge in [0.1, 0.15) is 0 Å². The standard InChI is InChI=1S/C22H22N4O6/c23-19(27)7-8-24-22(30)15-3-1-2-4-16(15)25-21(29)13-9-20(28)26(11-13)14-5-6-17-18(10-14)32-12-31-17/h1-6,10,13H,7-9,11-12H2,(H2,23,27)(H,24,30)(H,25,29). The van der Waals surface area contributed by atoms with Gasteiger partial charge in [-0.15, -0.1) is 0 Å². The zero-order valence-electron chi connectivity index (χ0n) is 17.1. The predicted molar refractivity (Wildman–Crippen MR) is 114 cm³/mol. The van der Waals surface area contributed by atoms with E-state index in [1.165, 1.54) is 4.90 Å². The number of para-hydroxylation sites is 1. The SMILES string of the molecule is NC(=O)CCNC(=O)c1ccccc1NC(=O)C1CC(=O)N(c2ccc3c(c2)OCO3)C1. The summed E-state index contributed by atoms with van der Waals surface area (Å²) in [6.45, 7) is 0.433. The van der Waals surface area contributed by atoms with Gasteiger partial charge in [0.05, 0.1) is 17.2 Å². The lowest BCUT2D eigenvalue weighted by Gasteiger charge is -2.17. The van der Waals surface area contributed by atoms with Crippen LogP contribution in [0, 0.1) is 5.92 Å². The summed E-state index contributed by atoms with van der Waals surface area (Å²) in [4.78, 5) is 50.3. The molecular formula is C22H22N4O6. The quantitative estimate of drug-likeness (QED) is 0.589. The molecule has 2 aromatic carbocycles. The Morgan fingerprint density at radius 1 is 1.09 bits per heavy atom. The molecule has 0 spiro atoms. The first-order valence-corrected chi connectivity index (χ1v) is 10.1. The van der Waals surface area contributed by atoms with E-state index in [4.69, 9.17) is 15.2 Å². The van der Waals surface area contributed by atoms with Gasteiger partial charge in [-0.2, -0.15) is 0 Å². The van der Waals surface area contributed by atoms with Crippen molar-refractivity contribution in [2.75, 3.05) is 30.1 Å². The number of carbonyl (C=O) groups is 4. The molecule has 32 heavy (non-hydrogen) atoms. The fourth-order valence-electron chi connectivity index (χ4n) is 3.61. The summed E-state index contributed by atoms with van der Waals surface area (Å²) in [5.74, 6) is -0.921. The van der Waals surface area contributed by atoms with Crippen LogP contribution in [-0.2, 0) is 14.4 Å². The van der Waals surface area contributed by atoms with Crippen molar-refractivity contribution in [1.82, 2.24) is 5.32 Å². The lowest BCUT2D eigenvalue weighted by Crippen LogP contribution is -2.30. The summed E-state index contributed by atoms with van der Waals surface area (Å²) in [5, 5.41) is 5.35. The van der Waals surface area contributed by atoms with Crippen LogP contribution in [0.2, 0.25) is 0 Å². The Hall–Kier alpha value is -4.08. The first kappa shape index (κ1) is 21.2. The molecular weight excluding hydrogens is 416 g/mol. The van der Waals surface area contributed by atoms with Gasteiger partial charge in [-0.1, -0.05) is 12.1 Å². The van der Waals surface area contributed by atoms with Crippen LogP contribution < -0.4 is 30.7 Å². The highest BCUT2D eigenvalue weighted by Gasteiger charge is 2.36. The van der Waals surface area contributed by atoms with Gasteiger partial charge in [-0.25, -0.2) is 0 Å². The number of rotatable bonds is 7. The zero-order chi connectivity index (χ0) is 22.7. The maximum absolute atomic E-state index is 12.9. The third-order valence-electron chi connectivity index (χ3n) is 5.25. The summed E-state index contributed by atoms with van der Waals surface area (Å²) >= 11 is 0. The van der Waals surface area contributed by atoms with Crippen LogP contribution in [0.4, 0.5) is 11.4 Å². The number of nitrogens with one attached hydrogen (secondary N) is 2. The van der Waals surface area contributed by atoms with Crippen molar-refractivity contribution in [2.24, 2.45) is 11.7 Å². The summed E-state index contributed by atoms with van der Waals surface area (Å²) < 4.78 is 10.7. The van der Waals surface area contributed by atoms with E-state index in [-0.39, 0.29) is 50.1 Å². The Morgan fingerprint density at radius 3 is 2.69 bits per heavy atom. The highest BCUT2D eigenvalue weighted by molar-refractivity contribution is 6.07. The summed E-state index contributed by atoms with van der Waals surface area (Å²) in [6, 6.07) is 11.7. The number of anilines is 2. The van der Waals surface area contributed by atoms with E-state index >= 15 is 0 Å². The molecule has 2 aliphatic heterocycles. The molecule has 4 rings (SSSR count). The van der Waals surface area contributed by atoms with Crippen molar-refractivity contribution in [3.63, 3.8) is 0 Å². The number of nitrogens with two attached hydrogens (primary N) is 1. The van der Waals surface area contributed by atoms with Crippen LogP contribution in [0.25, 0.3) is 0 Å². The molecule has 166 valence electrons. The molecule has 0 aromatic heterocycles. The number of hydrogen-bond donors (Lipinski definition) is 3. The largest absolute Gasteiger partial charge is 0.454 e. The van der Waals surface area contributed by atoms with Crippen LogP contribution >= 0.6 is 0 Å². The second-order valence-electron chi connectivity index (χ2n) is 7.45. The minimum absolute atomic E-state index is 0.0140. The number of nitrogens with zero attached hydrogens (tertiary/aromatic N) is 1. The number of hydrogen-bond acceptors (Lipinski definition) is 6. The van der Waals surface area contributed by atoms with Crippen LogP contribution in [0.5, 0.6) is 11.5 Å². The molecule has 2 aliphatic rings. The Labute approximate surface area is 183 Å². The van der Waals surface area contributed by atoms with Crippen LogP contribution in [0.3, 0.4) is 0 Å². The highest BCUT2D eigenvalue weighted by atomic mass is 16.7. The first-order valence-electron chi connectivity index (χ1n) is 10.1. The molecule has 2 heterocycles. The Balaban J connectivity index is 1.42. The minimum Gasteiger partial charge on any atom is -0.454 e. The number of amides is 4. The monoisotopic (exact) mass is 438 g/mol. The number of fused-ring (bicyclic) bond motifs is 1. The van der Waals surface area contributed by atoms with Gasteiger partial charge < -0.3 is 30.7 Å².